The molecule has 0 spiro atoms. The lowest BCUT2D eigenvalue weighted by molar-refractivity contribution is -0.141. The lowest BCUT2D eigenvalue weighted by atomic mass is 9.69. The number of hydrogen-bond acceptors (Lipinski definition) is 6. The number of fused-ring (bicyclic) bond motifs is 1. The number of para-hydroxylation sites is 1. The Labute approximate surface area is 184 Å². The molecule has 0 N–H and O–H groups in total. The number of nitrogens with zero attached hydrogens (tertiary/aromatic N) is 1. The van der Waals surface area contributed by atoms with Crippen LogP contribution in [0.3, 0.4) is 0 Å². The van der Waals surface area contributed by atoms with Gasteiger partial charge in [-0.3, -0.25) is 9.79 Å². The zero-order valence-corrected chi connectivity index (χ0v) is 18.8. The van der Waals surface area contributed by atoms with Gasteiger partial charge in [0.25, 0.3) is 0 Å². The van der Waals surface area contributed by atoms with Crippen molar-refractivity contribution in [1.82, 2.24) is 0 Å². The summed E-state index contributed by atoms with van der Waals surface area (Å²) in [5, 5.41) is 0. The van der Waals surface area contributed by atoms with E-state index in [-0.39, 0.29) is 12.4 Å². The molecule has 2 atom stereocenters. The summed E-state index contributed by atoms with van der Waals surface area (Å²) < 4.78 is 16.9. The predicted octanol–water partition coefficient (Wildman–Crippen LogP) is 4.63. The summed E-state index contributed by atoms with van der Waals surface area (Å²) in [6.45, 7) is 7.50. The van der Waals surface area contributed by atoms with Crippen LogP contribution in [-0.4, -0.2) is 43.9 Å². The van der Waals surface area contributed by atoms with Gasteiger partial charge >= 0.3 is 5.97 Å². The molecule has 3 rings (SSSR count). The molecule has 1 fully saturated rings. The third-order valence-corrected chi connectivity index (χ3v) is 5.80. The topological polar surface area (TPSA) is 74.2 Å². The molecule has 0 amide bonds. The van der Waals surface area contributed by atoms with Gasteiger partial charge in [-0.05, 0) is 39.2 Å². The summed E-state index contributed by atoms with van der Waals surface area (Å²) in [5.41, 5.74) is 2.79. The lowest BCUT2D eigenvalue weighted by Gasteiger charge is -2.36. The number of esters is 1. The Morgan fingerprint density at radius 2 is 1.90 bits per heavy atom. The molecule has 1 heterocycles. The second-order valence-corrected chi connectivity index (χ2v) is 7.95. The molecule has 1 saturated carbocycles. The number of carbonyl (C=O) groups excluding carboxylic acids is 2. The van der Waals surface area contributed by atoms with Crippen LogP contribution < -0.4 is 4.74 Å². The standard InChI is InChI=1S/C25H33NO5/c1-4-6-14-30-21-13-8-7-10-18(21)23-22(25(28)31-16-15-29-5-2)17(3)26-19-11-9-12-20(27)24(19)23/h7-8,10,13,23-24H,4-6,9,11-12,14-16H2,1-3H3/t23-,24?/m0/s1. The van der Waals surface area contributed by atoms with Gasteiger partial charge in [-0.2, -0.15) is 0 Å². The molecule has 1 aromatic carbocycles. The molecule has 1 aromatic rings. The van der Waals surface area contributed by atoms with Gasteiger partial charge in [0, 0.05) is 35.9 Å². The fourth-order valence-electron chi connectivity index (χ4n) is 4.33. The van der Waals surface area contributed by atoms with E-state index in [0.29, 0.717) is 43.3 Å². The Balaban J connectivity index is 2.00. The van der Waals surface area contributed by atoms with Gasteiger partial charge in [0.2, 0.25) is 0 Å². The molecular weight excluding hydrogens is 394 g/mol. The van der Waals surface area contributed by atoms with E-state index in [1.54, 1.807) is 0 Å². The van der Waals surface area contributed by atoms with E-state index in [1.807, 2.05) is 38.1 Å². The van der Waals surface area contributed by atoms with E-state index in [4.69, 9.17) is 14.2 Å². The summed E-state index contributed by atoms with van der Waals surface area (Å²) >= 11 is 0. The Kier molecular flexibility index (Phi) is 8.41. The maximum absolute atomic E-state index is 13.2. The summed E-state index contributed by atoms with van der Waals surface area (Å²) in [5.74, 6) is -0.481. The molecule has 1 aliphatic heterocycles. The first-order chi connectivity index (χ1) is 15.1. The zero-order valence-electron chi connectivity index (χ0n) is 18.8. The van der Waals surface area contributed by atoms with Gasteiger partial charge in [-0.15, -0.1) is 0 Å². The number of benzene rings is 1. The maximum Gasteiger partial charge on any atom is 0.336 e. The minimum Gasteiger partial charge on any atom is -0.493 e. The Morgan fingerprint density at radius 3 is 2.68 bits per heavy atom. The number of ketones is 1. The zero-order chi connectivity index (χ0) is 22.2. The molecule has 1 unspecified atom stereocenters. The summed E-state index contributed by atoms with van der Waals surface area (Å²) in [7, 11) is 0. The molecule has 0 saturated heterocycles. The van der Waals surface area contributed by atoms with Crippen molar-refractivity contribution in [2.45, 2.75) is 58.8 Å². The first kappa shape index (κ1) is 23.2. The molecule has 0 bridgehead atoms. The van der Waals surface area contributed by atoms with Crippen LogP contribution in [0.4, 0.5) is 0 Å². The van der Waals surface area contributed by atoms with Crippen LogP contribution in [-0.2, 0) is 19.1 Å². The van der Waals surface area contributed by atoms with Crippen molar-refractivity contribution in [1.29, 1.82) is 0 Å². The number of allylic oxidation sites excluding steroid dienone is 1. The van der Waals surface area contributed by atoms with Gasteiger partial charge in [0.05, 0.1) is 24.7 Å². The Bertz CT molecular complexity index is 857. The number of hydrogen-bond donors (Lipinski definition) is 0. The van der Waals surface area contributed by atoms with Crippen molar-refractivity contribution in [3.63, 3.8) is 0 Å². The number of aliphatic imine (C=N–C) groups is 1. The van der Waals surface area contributed by atoms with Crippen LogP contribution in [0.5, 0.6) is 5.75 Å². The number of unbranched alkanes of at least 4 members (excludes halogenated alkanes) is 1. The normalized spacial score (nSPS) is 20.9. The van der Waals surface area contributed by atoms with Crippen LogP contribution in [0, 0.1) is 5.92 Å². The van der Waals surface area contributed by atoms with Crippen LogP contribution in [0.2, 0.25) is 0 Å². The minimum absolute atomic E-state index is 0.130. The fourth-order valence-corrected chi connectivity index (χ4v) is 4.33. The highest BCUT2D eigenvalue weighted by atomic mass is 16.6. The highest BCUT2D eigenvalue weighted by Gasteiger charge is 2.44. The number of Topliss-reactive ketones (excluding diaryl/α,β-unsaturated/α-hetero) is 1. The average molecular weight is 428 g/mol. The van der Waals surface area contributed by atoms with Crippen molar-refractivity contribution in [2.24, 2.45) is 10.9 Å². The van der Waals surface area contributed by atoms with Gasteiger partial charge in [0.1, 0.15) is 18.1 Å². The SMILES string of the molecule is CCCCOc1ccccc1[C@H]1C(C(=O)OCCOCC)=C(C)N=C2CCCC(=O)C21. The lowest BCUT2D eigenvalue weighted by Crippen LogP contribution is -2.39. The highest BCUT2D eigenvalue weighted by molar-refractivity contribution is 6.11. The van der Waals surface area contributed by atoms with Crippen LogP contribution in [0.25, 0.3) is 0 Å². The van der Waals surface area contributed by atoms with E-state index >= 15 is 0 Å². The van der Waals surface area contributed by atoms with E-state index in [9.17, 15) is 9.59 Å². The number of carbonyl (C=O) groups is 2. The second kappa shape index (κ2) is 11.2. The molecule has 6 nitrogen and oxygen atoms in total. The smallest absolute Gasteiger partial charge is 0.336 e. The van der Waals surface area contributed by atoms with Gasteiger partial charge in [-0.1, -0.05) is 31.5 Å². The third-order valence-electron chi connectivity index (χ3n) is 5.80. The molecule has 168 valence electrons. The van der Waals surface area contributed by atoms with Gasteiger partial charge in [0.15, 0.2) is 0 Å². The second-order valence-electron chi connectivity index (χ2n) is 7.95. The van der Waals surface area contributed by atoms with E-state index in [2.05, 4.69) is 11.9 Å². The minimum atomic E-state index is -0.447. The number of ether oxygens (including phenoxy) is 3. The molecule has 0 aromatic heterocycles. The first-order valence-electron chi connectivity index (χ1n) is 11.4. The molecule has 6 heteroatoms. The van der Waals surface area contributed by atoms with Crippen molar-refractivity contribution in [3.05, 3.63) is 41.1 Å². The largest absolute Gasteiger partial charge is 0.493 e. The Hall–Kier alpha value is -2.47. The quantitative estimate of drug-likeness (QED) is 0.402. The summed E-state index contributed by atoms with van der Waals surface area (Å²) in [6.07, 6.45) is 4.05. The molecule has 31 heavy (non-hydrogen) atoms. The monoisotopic (exact) mass is 427 g/mol. The van der Waals surface area contributed by atoms with Crippen LogP contribution in [0.1, 0.15) is 64.4 Å². The first-order valence-corrected chi connectivity index (χ1v) is 11.4. The van der Waals surface area contributed by atoms with Crippen LogP contribution in [0.15, 0.2) is 40.5 Å². The van der Waals surface area contributed by atoms with Gasteiger partial charge in [-0.25, -0.2) is 4.79 Å². The maximum atomic E-state index is 13.2. The highest BCUT2D eigenvalue weighted by Crippen LogP contribution is 2.45. The van der Waals surface area contributed by atoms with Crippen molar-refractivity contribution < 1.29 is 23.8 Å². The third kappa shape index (κ3) is 5.42. The predicted molar refractivity (Wildman–Crippen MR) is 120 cm³/mol. The van der Waals surface area contributed by atoms with Crippen molar-refractivity contribution in [2.75, 3.05) is 26.4 Å². The van der Waals surface area contributed by atoms with E-state index in [0.717, 1.165) is 37.0 Å². The van der Waals surface area contributed by atoms with E-state index in [1.165, 1.54) is 0 Å². The average Bonchev–Trinajstić information content (AvgIpc) is 2.76. The van der Waals surface area contributed by atoms with Crippen molar-refractivity contribution >= 4 is 17.5 Å². The van der Waals surface area contributed by atoms with Gasteiger partial charge < -0.3 is 14.2 Å². The fraction of sp³-hybridized carbons (Fsp3) is 0.560. The molecule has 0 radical (unpaired) electrons. The molecular formula is C25H33NO5. The van der Waals surface area contributed by atoms with E-state index < -0.39 is 17.8 Å². The van der Waals surface area contributed by atoms with Crippen molar-refractivity contribution in [3.8, 4) is 5.75 Å². The molecule has 2 aliphatic rings. The summed E-state index contributed by atoms with van der Waals surface area (Å²) in [4.78, 5) is 30.9. The summed E-state index contributed by atoms with van der Waals surface area (Å²) in [6, 6.07) is 7.71. The number of rotatable bonds is 10. The van der Waals surface area contributed by atoms with Crippen LogP contribution >= 0.6 is 0 Å². The Morgan fingerprint density at radius 1 is 1.10 bits per heavy atom. The molecule has 1 aliphatic carbocycles.